The van der Waals surface area contributed by atoms with Gasteiger partial charge in [0.2, 0.25) is 5.79 Å². The van der Waals surface area contributed by atoms with Crippen LogP contribution >= 0.6 is 0 Å². The highest BCUT2D eigenvalue weighted by Crippen LogP contribution is 2.47. The zero-order valence-corrected chi connectivity index (χ0v) is 66.6. The summed E-state index contributed by atoms with van der Waals surface area (Å²) in [5, 5.41) is 18.3. The molecule has 6 aliphatic rings. The van der Waals surface area contributed by atoms with Crippen LogP contribution in [-0.4, -0.2) is 236 Å². The summed E-state index contributed by atoms with van der Waals surface area (Å²) in [6, 6.07) is -1.61. The average Bonchev–Trinajstić information content (AvgIpc) is 1.54. The molecule has 6 heterocycles. The van der Waals surface area contributed by atoms with Gasteiger partial charge in [-0.15, -0.1) is 0 Å². The number of azide groups is 2. The Balaban J connectivity index is 0.000000375. The maximum atomic E-state index is 14.5. The van der Waals surface area contributed by atoms with Crippen molar-refractivity contribution in [2.24, 2.45) is 51.7 Å². The molecular weight excluding hydrogens is 1340 g/mol. The van der Waals surface area contributed by atoms with Crippen LogP contribution in [0.1, 0.15) is 189 Å². The number of Topliss-reactive ketones (excluding diaryl/α,β-unsaturated/α-hetero) is 3. The summed E-state index contributed by atoms with van der Waals surface area (Å²) in [6.45, 7) is 41.6. The largest absolute Gasteiger partial charge is 0.457 e. The van der Waals surface area contributed by atoms with E-state index < -0.39 is 137 Å². The number of unbranched alkanes of at least 4 members (excludes halogenated alkanes) is 2. The van der Waals surface area contributed by atoms with Crippen LogP contribution in [0, 0.1) is 41.4 Å². The second-order valence-electron chi connectivity index (χ2n) is 31.5. The molecule has 0 aliphatic carbocycles. The maximum Gasteiger partial charge on any atom is 0.411 e. The number of nitrogens with zero attached hydrogens (tertiary/aromatic N) is 10. The fourth-order valence-corrected chi connectivity index (χ4v) is 16.5. The van der Waals surface area contributed by atoms with Crippen molar-refractivity contribution in [2.75, 3.05) is 68.6 Å². The predicted molar refractivity (Wildman–Crippen MR) is 388 cm³/mol. The van der Waals surface area contributed by atoms with Crippen LogP contribution in [0.5, 0.6) is 0 Å². The molecule has 0 aromatic rings. The number of methoxy groups -OCH3 is 2. The summed E-state index contributed by atoms with van der Waals surface area (Å²) in [6.07, 6.45) is -2.30. The molecule has 29 heteroatoms. The zero-order valence-electron chi connectivity index (χ0n) is 66.6. The molecule has 2 amide bonds. The number of cyclic esters (lactones) is 3. The first-order valence-electron chi connectivity index (χ1n) is 37.0. The van der Waals surface area contributed by atoms with Gasteiger partial charge in [0.05, 0.1) is 47.3 Å². The van der Waals surface area contributed by atoms with Crippen molar-refractivity contribution >= 4 is 41.5 Å². The van der Waals surface area contributed by atoms with Crippen molar-refractivity contribution in [1.82, 2.24) is 19.6 Å². The molecular formula is C75H124N10O19. The van der Waals surface area contributed by atoms with E-state index in [1.54, 1.807) is 83.3 Å². The minimum absolute atomic E-state index is 0.0464. The van der Waals surface area contributed by atoms with Gasteiger partial charge in [-0.05, 0) is 159 Å². The zero-order chi connectivity index (χ0) is 78.6. The van der Waals surface area contributed by atoms with Gasteiger partial charge in [0.25, 0.3) is 0 Å². The first-order valence-corrected chi connectivity index (χ1v) is 37.0. The summed E-state index contributed by atoms with van der Waals surface area (Å²) >= 11 is 0. The summed E-state index contributed by atoms with van der Waals surface area (Å²) in [5.74, 6) is -7.31. The number of aliphatic hydroxyl groups is 1. The molecule has 5 saturated heterocycles. The fourth-order valence-electron chi connectivity index (χ4n) is 16.5. The van der Waals surface area contributed by atoms with Crippen molar-refractivity contribution in [2.45, 2.75) is 290 Å². The monoisotopic (exact) mass is 1470 g/mol. The lowest BCUT2D eigenvalue weighted by Gasteiger charge is -2.48. The molecule has 0 bridgehead atoms. The van der Waals surface area contributed by atoms with Gasteiger partial charge >= 0.3 is 24.1 Å². The number of hydrogen-bond donors (Lipinski definition) is 1. The van der Waals surface area contributed by atoms with E-state index in [9.17, 15) is 38.7 Å². The van der Waals surface area contributed by atoms with E-state index >= 15 is 0 Å². The molecule has 0 aromatic heterocycles. The molecule has 0 spiro atoms. The van der Waals surface area contributed by atoms with Gasteiger partial charge in [0.15, 0.2) is 41.1 Å². The Morgan fingerprint density at radius 1 is 0.788 bits per heavy atom. The number of amides is 2. The van der Waals surface area contributed by atoms with E-state index in [0.29, 0.717) is 37.0 Å². The van der Waals surface area contributed by atoms with Crippen molar-refractivity contribution < 1.29 is 90.8 Å². The molecule has 0 radical (unpaired) electrons. The first kappa shape index (κ1) is 88.4. The summed E-state index contributed by atoms with van der Waals surface area (Å²) < 4.78 is 68.6. The number of fused-ring (bicyclic) bond motifs is 1. The minimum atomic E-state index is -1.48. The molecule has 1 N–H and O–H groups in total. The maximum absolute atomic E-state index is 14.5. The summed E-state index contributed by atoms with van der Waals surface area (Å²) in [7, 11) is 11.2. The lowest BCUT2D eigenvalue weighted by molar-refractivity contribution is -0.284. The van der Waals surface area contributed by atoms with E-state index in [1.807, 2.05) is 62.8 Å². The highest BCUT2D eigenvalue weighted by molar-refractivity contribution is 6.01. The third-order valence-electron chi connectivity index (χ3n) is 22.6. The van der Waals surface area contributed by atoms with E-state index in [4.69, 9.17) is 63.2 Å². The van der Waals surface area contributed by atoms with Crippen molar-refractivity contribution in [3.05, 3.63) is 56.5 Å². The Hall–Kier alpha value is -6.23. The molecule has 0 saturated carbocycles. The number of aliphatic hydroxyl groups excluding tert-OH is 1. The van der Waals surface area contributed by atoms with Gasteiger partial charge in [0, 0.05) is 123 Å². The number of ketones is 3. The Labute approximate surface area is 616 Å². The van der Waals surface area contributed by atoms with E-state index in [1.165, 1.54) is 23.8 Å². The molecule has 5 fully saturated rings. The van der Waals surface area contributed by atoms with Gasteiger partial charge in [0.1, 0.15) is 29.9 Å². The third-order valence-corrected chi connectivity index (χ3v) is 22.6. The SMILES string of the molecule is C=C(C(=O)[C@H](C)C[C@@](C)(OC)[C@H](O[C@@H]1OC(C)CC(N(C)C)C1C)[C@@H](C)C1=C(C)C(=O)OC(C)(C)O1)[C@H]1N(CCCCN=[N+]=[N-])C(=O)O[C@]1(C)[C@H](O)CC.C=C1C(=O)[C@H](C)C[C@@](C)(OC)[C@H](O[C@@H]2OC(C)CC(N(C)C)C2C)[C@@H](C)C(=O)[C@@H](C)C(=O)O[C@H](CC)[C@@]2(C)OC(=O)N(CCCCN=[N+]=[N-])[C@H]12. The Kier molecular flexibility index (Phi) is 31.5. The highest BCUT2D eigenvalue weighted by Gasteiger charge is 2.61. The number of carbonyl (C=O) groups is 7. The van der Waals surface area contributed by atoms with Crippen molar-refractivity contribution in [3.8, 4) is 0 Å². The quantitative estimate of drug-likeness (QED) is 0.0106. The van der Waals surface area contributed by atoms with Crippen LogP contribution in [0.4, 0.5) is 9.59 Å². The Bertz CT molecular complexity index is 3190. The number of carbonyl (C=O) groups excluding carboxylic acids is 7. The fraction of sp³-hybridized carbons (Fsp3) is 0.827. The molecule has 0 aromatic carbocycles. The van der Waals surface area contributed by atoms with Crippen molar-refractivity contribution in [1.29, 1.82) is 0 Å². The molecule has 23 atom stereocenters. The standard InChI is InChI=1S/C39H65N5O10.C36H59N5O9/c1-15-29(45)39(11)32(44(36(48)54-39)19-17-16-18-41-42-40)25(5)30(46)22(2)21-38(10,49-14)33(26(6)31-27(7)34(47)53-37(8,9)52-31)51-35-24(4)28(43(12)13)20-23(3)50-35;1-13-27-36(9)30(41(34(45)50-36)17-15-14-16-38-39-37)23(5)28(42)20(2)19-35(8,46-12)31(24(6)29(43)25(7)32(44)48-27)49-33-22(4)26(40(10)11)18-21(3)47-33/h22-24,26,28-29,32-33,35,45H,5,15-21H2,1-4,6-14H3;20-22,24-27,30-31,33H,5,13-19H2,1-4,6-12H3/t22-,23?,24?,26+,28?,29-,32-,33-,35+,38-,39-;20-,21?,22?,24+,25-,26?,27-,30-,31-,33+,35-,36-/m11/s1. The van der Waals surface area contributed by atoms with E-state index in [-0.39, 0.29) is 111 Å². The molecule has 29 nitrogen and oxygen atoms in total. The van der Waals surface area contributed by atoms with Gasteiger partial charge in [-0.25, -0.2) is 14.4 Å². The number of ether oxygens (including phenoxy) is 11. The molecule has 588 valence electrons. The molecule has 6 aliphatic heterocycles. The van der Waals surface area contributed by atoms with Gasteiger partial charge in [-0.1, -0.05) is 78.8 Å². The first-order chi connectivity index (χ1) is 48.5. The Morgan fingerprint density at radius 3 is 1.83 bits per heavy atom. The third kappa shape index (κ3) is 19.9. The van der Waals surface area contributed by atoms with Gasteiger partial charge in [-0.3, -0.25) is 29.0 Å². The topological polar surface area (TPSA) is 352 Å². The van der Waals surface area contributed by atoms with Crippen LogP contribution in [-0.2, 0) is 76.1 Å². The van der Waals surface area contributed by atoms with Crippen LogP contribution in [0.15, 0.2) is 45.9 Å². The lowest BCUT2D eigenvalue weighted by atomic mass is 9.75. The van der Waals surface area contributed by atoms with Gasteiger partial charge < -0.3 is 67.0 Å². The van der Waals surface area contributed by atoms with Crippen LogP contribution in [0.2, 0.25) is 0 Å². The van der Waals surface area contributed by atoms with Crippen LogP contribution in [0.3, 0.4) is 0 Å². The van der Waals surface area contributed by atoms with Crippen LogP contribution in [0.25, 0.3) is 20.9 Å². The second-order valence-corrected chi connectivity index (χ2v) is 31.5. The molecule has 6 unspecified atom stereocenters. The highest BCUT2D eigenvalue weighted by atomic mass is 16.7. The lowest BCUT2D eigenvalue weighted by Crippen LogP contribution is -2.58. The smallest absolute Gasteiger partial charge is 0.411 e. The summed E-state index contributed by atoms with van der Waals surface area (Å²) in [4.78, 5) is 109. The van der Waals surface area contributed by atoms with E-state index in [0.717, 1.165) is 12.8 Å². The second kappa shape index (κ2) is 37.1. The number of rotatable bonds is 29. The van der Waals surface area contributed by atoms with Crippen molar-refractivity contribution in [3.63, 3.8) is 0 Å². The predicted octanol–water partition coefficient (Wildman–Crippen LogP) is 11.8. The normalized spacial score (nSPS) is 34.5. The van der Waals surface area contributed by atoms with Gasteiger partial charge in [-0.2, -0.15) is 0 Å². The number of hydrogen-bond acceptors (Lipinski definition) is 23. The average molecular weight is 1470 g/mol. The molecule has 6 rings (SSSR count). The molecule has 104 heavy (non-hydrogen) atoms. The van der Waals surface area contributed by atoms with Crippen LogP contribution < -0.4 is 0 Å². The van der Waals surface area contributed by atoms with E-state index in [2.05, 4.69) is 49.9 Å². The Morgan fingerprint density at radius 2 is 1.32 bits per heavy atom. The summed E-state index contributed by atoms with van der Waals surface area (Å²) in [5.41, 5.74) is 12.6. The minimum Gasteiger partial charge on any atom is -0.457 e. The number of esters is 2.